The highest BCUT2D eigenvalue weighted by Crippen LogP contribution is 2.40. The van der Waals surface area contributed by atoms with Gasteiger partial charge in [-0.1, -0.05) is 23.8 Å². The second-order valence-corrected chi connectivity index (χ2v) is 8.08. The van der Waals surface area contributed by atoms with Crippen molar-refractivity contribution < 1.29 is 33.6 Å². The molecule has 1 N–H and O–H groups in total. The molecule has 3 aromatic rings. The SMILES string of the molecule is COc1ccc(C(=O)CC=Nc2cc(/C=C\c3cc(OC)c(OC)c(OC)c3)cc(O)c2OC)cc1Cl. The standard InChI is InChI=1S/C28H28ClNO7/c1-33-24-9-8-19(16-20(24)29)22(31)10-11-30-21-12-17(13-23(32)27(21)36-4)6-7-18-14-25(34-2)28(37-5)26(15-18)35-3/h6-9,11-16,32H,10H2,1-5H3/b7-6-,30-11?. The lowest BCUT2D eigenvalue weighted by Gasteiger charge is -2.13. The van der Waals surface area contributed by atoms with Gasteiger partial charge in [0.25, 0.3) is 0 Å². The second kappa shape index (κ2) is 12.7. The van der Waals surface area contributed by atoms with Crippen LogP contribution in [0.15, 0.2) is 47.5 Å². The number of rotatable bonds is 11. The molecular weight excluding hydrogens is 498 g/mol. The number of carbonyl (C=O) groups excluding carboxylic acids is 1. The van der Waals surface area contributed by atoms with Gasteiger partial charge in [-0.3, -0.25) is 9.79 Å². The third-order valence-electron chi connectivity index (χ3n) is 5.41. The number of benzene rings is 3. The van der Waals surface area contributed by atoms with E-state index < -0.39 is 0 Å². The molecule has 0 unspecified atom stereocenters. The Morgan fingerprint density at radius 1 is 0.811 bits per heavy atom. The molecule has 0 saturated carbocycles. The van der Waals surface area contributed by atoms with Crippen LogP contribution in [0.25, 0.3) is 12.2 Å². The lowest BCUT2D eigenvalue weighted by Crippen LogP contribution is -2.00. The molecule has 0 fully saturated rings. The Balaban J connectivity index is 1.84. The van der Waals surface area contributed by atoms with Gasteiger partial charge in [0, 0.05) is 18.2 Å². The Bertz CT molecular complexity index is 1310. The smallest absolute Gasteiger partial charge is 0.203 e. The van der Waals surface area contributed by atoms with E-state index in [9.17, 15) is 9.90 Å². The zero-order valence-corrected chi connectivity index (χ0v) is 22.0. The summed E-state index contributed by atoms with van der Waals surface area (Å²) in [5, 5.41) is 10.8. The number of nitrogens with zero attached hydrogens (tertiary/aromatic N) is 1. The Kier molecular flexibility index (Phi) is 9.40. The van der Waals surface area contributed by atoms with Crippen LogP contribution >= 0.6 is 11.6 Å². The van der Waals surface area contributed by atoms with Crippen LogP contribution in [0.2, 0.25) is 5.02 Å². The van der Waals surface area contributed by atoms with E-state index in [-0.39, 0.29) is 23.7 Å². The summed E-state index contributed by atoms with van der Waals surface area (Å²) in [6.45, 7) is 0. The van der Waals surface area contributed by atoms with Crippen molar-refractivity contribution in [2.75, 3.05) is 35.5 Å². The zero-order chi connectivity index (χ0) is 26.9. The third-order valence-corrected chi connectivity index (χ3v) is 5.71. The number of methoxy groups -OCH3 is 5. The Labute approximate surface area is 220 Å². The second-order valence-electron chi connectivity index (χ2n) is 7.67. The number of halogens is 1. The van der Waals surface area contributed by atoms with E-state index in [1.807, 2.05) is 6.08 Å². The fraction of sp³-hybridized carbons (Fsp3) is 0.214. The van der Waals surface area contributed by atoms with E-state index in [1.165, 1.54) is 27.5 Å². The first-order valence-corrected chi connectivity index (χ1v) is 11.5. The highest BCUT2D eigenvalue weighted by Gasteiger charge is 2.13. The van der Waals surface area contributed by atoms with Crippen molar-refractivity contribution in [1.29, 1.82) is 0 Å². The molecule has 194 valence electrons. The van der Waals surface area contributed by atoms with Crippen molar-refractivity contribution >= 4 is 41.4 Å². The lowest BCUT2D eigenvalue weighted by atomic mass is 10.1. The van der Waals surface area contributed by atoms with Crippen LogP contribution in [0.1, 0.15) is 27.9 Å². The molecule has 0 saturated heterocycles. The van der Waals surface area contributed by atoms with Gasteiger partial charge in [-0.25, -0.2) is 0 Å². The third kappa shape index (κ3) is 6.54. The molecular formula is C28H28ClNO7. The molecule has 9 heteroatoms. The van der Waals surface area contributed by atoms with Gasteiger partial charge in [-0.2, -0.15) is 0 Å². The van der Waals surface area contributed by atoms with Crippen molar-refractivity contribution in [2.24, 2.45) is 4.99 Å². The molecule has 0 heterocycles. The van der Waals surface area contributed by atoms with Crippen molar-refractivity contribution in [3.8, 4) is 34.5 Å². The first-order valence-electron chi connectivity index (χ1n) is 11.1. The number of phenolic OH excluding ortho intramolecular Hbond substituents is 1. The number of Topliss-reactive ketones (excluding diaryl/α,β-unsaturated/α-hetero) is 1. The van der Waals surface area contributed by atoms with E-state index in [0.29, 0.717) is 44.8 Å². The lowest BCUT2D eigenvalue weighted by molar-refractivity contribution is 0.100. The van der Waals surface area contributed by atoms with Crippen molar-refractivity contribution in [3.05, 3.63) is 64.2 Å². The maximum Gasteiger partial charge on any atom is 0.203 e. The van der Waals surface area contributed by atoms with E-state index in [4.69, 9.17) is 35.3 Å². The number of hydrogen-bond donors (Lipinski definition) is 1. The number of aromatic hydroxyl groups is 1. The number of ether oxygens (including phenoxy) is 5. The molecule has 3 aromatic carbocycles. The number of ketones is 1. The average molecular weight is 526 g/mol. The summed E-state index contributed by atoms with van der Waals surface area (Å²) in [4.78, 5) is 16.9. The minimum atomic E-state index is -0.171. The molecule has 0 spiro atoms. The van der Waals surface area contributed by atoms with E-state index in [2.05, 4.69) is 4.99 Å². The minimum absolute atomic E-state index is 0.0259. The first kappa shape index (κ1) is 27.4. The summed E-state index contributed by atoms with van der Waals surface area (Å²) in [5.74, 6) is 1.96. The summed E-state index contributed by atoms with van der Waals surface area (Å²) in [5.41, 5.74) is 2.26. The summed E-state index contributed by atoms with van der Waals surface area (Å²) >= 11 is 6.12. The molecule has 8 nitrogen and oxygen atoms in total. The van der Waals surface area contributed by atoms with Gasteiger partial charge in [0.2, 0.25) is 5.75 Å². The fourth-order valence-electron chi connectivity index (χ4n) is 3.60. The van der Waals surface area contributed by atoms with Gasteiger partial charge in [-0.05, 0) is 53.6 Å². The Morgan fingerprint density at radius 2 is 1.41 bits per heavy atom. The molecule has 0 bridgehead atoms. The van der Waals surface area contributed by atoms with Crippen molar-refractivity contribution in [2.45, 2.75) is 6.42 Å². The van der Waals surface area contributed by atoms with Crippen LogP contribution < -0.4 is 23.7 Å². The summed E-state index contributed by atoms with van der Waals surface area (Å²) < 4.78 is 26.6. The Morgan fingerprint density at radius 3 is 1.95 bits per heavy atom. The first-order chi connectivity index (χ1) is 17.8. The zero-order valence-electron chi connectivity index (χ0n) is 21.2. The molecule has 0 amide bonds. The number of carbonyl (C=O) groups is 1. The maximum atomic E-state index is 12.6. The van der Waals surface area contributed by atoms with E-state index >= 15 is 0 Å². The maximum absolute atomic E-state index is 12.6. The van der Waals surface area contributed by atoms with Crippen LogP contribution in [-0.4, -0.2) is 52.7 Å². The predicted octanol–water partition coefficient (Wildman–Crippen LogP) is 6.23. The van der Waals surface area contributed by atoms with Gasteiger partial charge >= 0.3 is 0 Å². The van der Waals surface area contributed by atoms with Gasteiger partial charge in [0.1, 0.15) is 11.4 Å². The summed E-state index contributed by atoms with van der Waals surface area (Å²) in [6.07, 6.45) is 5.11. The van der Waals surface area contributed by atoms with Gasteiger partial charge in [0.15, 0.2) is 28.8 Å². The summed E-state index contributed by atoms with van der Waals surface area (Å²) in [7, 11) is 7.57. The monoisotopic (exact) mass is 525 g/mol. The molecule has 0 aliphatic heterocycles. The van der Waals surface area contributed by atoms with Crippen LogP contribution in [0.4, 0.5) is 5.69 Å². The van der Waals surface area contributed by atoms with Crippen LogP contribution in [0.3, 0.4) is 0 Å². The number of aliphatic imine (C=N–C) groups is 1. The molecule has 0 aromatic heterocycles. The largest absolute Gasteiger partial charge is 0.504 e. The van der Waals surface area contributed by atoms with E-state index in [0.717, 1.165) is 5.56 Å². The quantitative estimate of drug-likeness (QED) is 0.180. The van der Waals surface area contributed by atoms with Crippen LogP contribution in [-0.2, 0) is 0 Å². The molecule has 0 radical (unpaired) electrons. The topological polar surface area (TPSA) is 95.8 Å². The van der Waals surface area contributed by atoms with Crippen molar-refractivity contribution in [3.63, 3.8) is 0 Å². The van der Waals surface area contributed by atoms with E-state index in [1.54, 1.807) is 62.8 Å². The van der Waals surface area contributed by atoms with Gasteiger partial charge in [0.05, 0.1) is 40.6 Å². The average Bonchev–Trinajstić information content (AvgIpc) is 2.90. The number of hydrogen-bond acceptors (Lipinski definition) is 8. The summed E-state index contributed by atoms with van der Waals surface area (Å²) in [6, 6.07) is 11.7. The normalized spacial score (nSPS) is 11.1. The number of phenols is 1. The van der Waals surface area contributed by atoms with Crippen LogP contribution in [0, 0.1) is 0 Å². The van der Waals surface area contributed by atoms with Crippen LogP contribution in [0.5, 0.6) is 34.5 Å². The highest BCUT2D eigenvalue weighted by molar-refractivity contribution is 6.32. The molecule has 37 heavy (non-hydrogen) atoms. The molecule has 3 rings (SSSR count). The van der Waals surface area contributed by atoms with Crippen molar-refractivity contribution in [1.82, 2.24) is 0 Å². The fourth-order valence-corrected chi connectivity index (χ4v) is 3.85. The molecule has 0 aliphatic carbocycles. The van der Waals surface area contributed by atoms with Gasteiger partial charge in [-0.15, -0.1) is 0 Å². The molecule has 0 atom stereocenters. The van der Waals surface area contributed by atoms with Gasteiger partial charge < -0.3 is 28.8 Å². The Hall–Kier alpha value is -4.17. The molecule has 0 aliphatic rings. The minimum Gasteiger partial charge on any atom is -0.504 e. The predicted molar refractivity (Wildman–Crippen MR) is 145 cm³/mol. The highest BCUT2D eigenvalue weighted by atomic mass is 35.5.